The Kier molecular flexibility index (Phi) is 5.58. The Hall–Kier alpha value is -1.67. The van der Waals surface area contributed by atoms with Crippen LogP contribution in [0.2, 0.25) is 5.02 Å². The molecule has 0 saturated carbocycles. The van der Waals surface area contributed by atoms with E-state index in [0.29, 0.717) is 37.0 Å². The van der Waals surface area contributed by atoms with Crippen molar-refractivity contribution < 1.29 is 13.2 Å². The van der Waals surface area contributed by atoms with E-state index < -0.39 is 10.0 Å². The van der Waals surface area contributed by atoms with Crippen LogP contribution in [0.15, 0.2) is 47.6 Å². The molecule has 1 saturated heterocycles. The van der Waals surface area contributed by atoms with Crippen LogP contribution in [0.3, 0.4) is 0 Å². The van der Waals surface area contributed by atoms with Crippen LogP contribution < -0.4 is 4.74 Å². The zero-order chi connectivity index (χ0) is 17.9. The van der Waals surface area contributed by atoms with Gasteiger partial charge in [-0.05, 0) is 35.9 Å². The molecule has 134 valence electrons. The molecule has 1 aromatic heterocycles. The van der Waals surface area contributed by atoms with E-state index >= 15 is 0 Å². The molecule has 1 aromatic carbocycles. The van der Waals surface area contributed by atoms with E-state index in [-0.39, 0.29) is 4.90 Å². The number of hydrogen-bond acceptors (Lipinski definition) is 5. The standard InChI is InChI=1S/C17H20ClN3O3S/c1-24-17-3-2-15(12-16(17)18)25(22,23)21-10-8-20(9-11-21)13-14-4-6-19-7-5-14/h2-7,12H,8-11,13H2,1H3. The van der Waals surface area contributed by atoms with Crippen molar-refractivity contribution in [3.05, 3.63) is 53.3 Å². The molecule has 1 aliphatic rings. The Morgan fingerprint density at radius 3 is 2.40 bits per heavy atom. The number of methoxy groups -OCH3 is 1. The van der Waals surface area contributed by atoms with E-state index in [2.05, 4.69) is 9.88 Å². The summed E-state index contributed by atoms with van der Waals surface area (Å²) in [4.78, 5) is 6.44. The van der Waals surface area contributed by atoms with Crippen molar-refractivity contribution in [3.8, 4) is 5.75 Å². The Morgan fingerprint density at radius 2 is 1.80 bits per heavy atom. The number of nitrogens with zero attached hydrogens (tertiary/aromatic N) is 3. The van der Waals surface area contributed by atoms with Crippen LogP contribution in [0.25, 0.3) is 0 Å². The average Bonchev–Trinajstić information content (AvgIpc) is 2.63. The molecule has 0 unspecified atom stereocenters. The summed E-state index contributed by atoms with van der Waals surface area (Å²) in [5.74, 6) is 0.461. The zero-order valence-corrected chi connectivity index (χ0v) is 15.5. The number of rotatable bonds is 5. The van der Waals surface area contributed by atoms with Gasteiger partial charge in [0.25, 0.3) is 0 Å². The average molecular weight is 382 g/mol. The molecule has 0 bridgehead atoms. The number of ether oxygens (including phenoxy) is 1. The van der Waals surface area contributed by atoms with Crippen molar-refractivity contribution in [1.82, 2.24) is 14.2 Å². The largest absolute Gasteiger partial charge is 0.495 e. The second kappa shape index (κ2) is 7.70. The zero-order valence-electron chi connectivity index (χ0n) is 13.9. The number of pyridine rings is 1. The Labute approximate surface area is 153 Å². The van der Waals surface area contributed by atoms with Crippen LogP contribution in [0.5, 0.6) is 5.75 Å². The van der Waals surface area contributed by atoms with Crippen LogP contribution in [0.4, 0.5) is 0 Å². The van der Waals surface area contributed by atoms with Gasteiger partial charge >= 0.3 is 0 Å². The minimum Gasteiger partial charge on any atom is -0.495 e. The van der Waals surface area contributed by atoms with Gasteiger partial charge in [0, 0.05) is 45.1 Å². The fraction of sp³-hybridized carbons (Fsp3) is 0.353. The maximum atomic E-state index is 12.8. The summed E-state index contributed by atoms with van der Waals surface area (Å²) in [6.45, 7) is 3.08. The predicted molar refractivity (Wildman–Crippen MR) is 96.3 cm³/mol. The van der Waals surface area contributed by atoms with Crippen molar-refractivity contribution in [2.75, 3.05) is 33.3 Å². The van der Waals surface area contributed by atoms with Crippen LogP contribution in [0, 0.1) is 0 Å². The lowest BCUT2D eigenvalue weighted by Gasteiger charge is -2.34. The lowest BCUT2D eigenvalue weighted by Crippen LogP contribution is -2.48. The first-order valence-corrected chi connectivity index (χ1v) is 9.77. The minimum atomic E-state index is -3.55. The van der Waals surface area contributed by atoms with Gasteiger partial charge in [0.15, 0.2) is 0 Å². The van der Waals surface area contributed by atoms with Gasteiger partial charge in [0.05, 0.1) is 17.0 Å². The molecule has 0 aliphatic carbocycles. The molecule has 1 fully saturated rings. The van der Waals surface area contributed by atoms with E-state index in [9.17, 15) is 8.42 Å². The normalized spacial score (nSPS) is 16.7. The molecule has 3 rings (SSSR count). The summed E-state index contributed by atoms with van der Waals surface area (Å²) in [6.07, 6.45) is 3.53. The van der Waals surface area contributed by atoms with Crippen LogP contribution in [-0.2, 0) is 16.6 Å². The minimum absolute atomic E-state index is 0.195. The summed E-state index contributed by atoms with van der Waals surface area (Å²) >= 11 is 6.07. The molecule has 2 heterocycles. The van der Waals surface area contributed by atoms with Crippen molar-refractivity contribution in [3.63, 3.8) is 0 Å². The van der Waals surface area contributed by atoms with Crippen molar-refractivity contribution >= 4 is 21.6 Å². The van der Waals surface area contributed by atoms with Gasteiger partial charge in [-0.15, -0.1) is 0 Å². The van der Waals surface area contributed by atoms with E-state index in [1.807, 2.05) is 12.1 Å². The third-order valence-corrected chi connectivity index (χ3v) is 6.44. The number of halogens is 1. The number of aromatic nitrogens is 1. The highest BCUT2D eigenvalue weighted by atomic mass is 35.5. The quantitative estimate of drug-likeness (QED) is 0.794. The highest BCUT2D eigenvalue weighted by Gasteiger charge is 2.29. The third kappa shape index (κ3) is 4.12. The maximum Gasteiger partial charge on any atom is 0.243 e. The second-order valence-electron chi connectivity index (χ2n) is 5.83. The second-order valence-corrected chi connectivity index (χ2v) is 8.18. The van der Waals surface area contributed by atoms with E-state index in [1.54, 1.807) is 18.5 Å². The summed E-state index contributed by atoms with van der Waals surface area (Å²) in [6, 6.07) is 8.50. The summed E-state index contributed by atoms with van der Waals surface area (Å²) in [7, 11) is -2.05. The van der Waals surface area contributed by atoms with Gasteiger partial charge in [0.1, 0.15) is 5.75 Å². The van der Waals surface area contributed by atoms with Crippen molar-refractivity contribution in [2.45, 2.75) is 11.4 Å². The van der Waals surface area contributed by atoms with E-state index in [1.165, 1.54) is 29.1 Å². The molecular formula is C17H20ClN3O3S. The number of sulfonamides is 1. The molecule has 25 heavy (non-hydrogen) atoms. The van der Waals surface area contributed by atoms with Gasteiger partial charge in [-0.2, -0.15) is 4.31 Å². The van der Waals surface area contributed by atoms with Gasteiger partial charge in [-0.3, -0.25) is 9.88 Å². The fourth-order valence-electron chi connectivity index (χ4n) is 2.83. The molecule has 6 nitrogen and oxygen atoms in total. The molecule has 0 radical (unpaired) electrons. The van der Waals surface area contributed by atoms with Crippen molar-refractivity contribution in [1.29, 1.82) is 0 Å². The molecule has 1 aliphatic heterocycles. The Bertz CT molecular complexity index is 822. The lowest BCUT2D eigenvalue weighted by molar-refractivity contribution is 0.181. The van der Waals surface area contributed by atoms with Gasteiger partial charge in [0.2, 0.25) is 10.0 Å². The number of benzene rings is 1. The predicted octanol–water partition coefficient (Wildman–Crippen LogP) is 2.25. The summed E-state index contributed by atoms with van der Waals surface area (Å²) < 4.78 is 32.2. The van der Waals surface area contributed by atoms with Gasteiger partial charge in [-0.1, -0.05) is 11.6 Å². The first-order valence-electron chi connectivity index (χ1n) is 7.95. The summed E-state index contributed by atoms with van der Waals surface area (Å²) in [5, 5.41) is 0.292. The lowest BCUT2D eigenvalue weighted by atomic mass is 10.2. The SMILES string of the molecule is COc1ccc(S(=O)(=O)N2CCN(Cc3ccncc3)CC2)cc1Cl. The molecule has 0 atom stereocenters. The van der Waals surface area contributed by atoms with Gasteiger partial charge < -0.3 is 4.74 Å². The molecular weight excluding hydrogens is 362 g/mol. The van der Waals surface area contributed by atoms with Crippen molar-refractivity contribution in [2.24, 2.45) is 0 Å². The molecule has 0 spiro atoms. The highest BCUT2D eigenvalue weighted by Crippen LogP contribution is 2.28. The fourth-order valence-corrected chi connectivity index (χ4v) is 4.60. The van der Waals surface area contributed by atoms with E-state index in [0.717, 1.165) is 6.54 Å². The Morgan fingerprint density at radius 1 is 1.12 bits per heavy atom. The van der Waals surface area contributed by atoms with Crippen LogP contribution >= 0.6 is 11.6 Å². The summed E-state index contributed by atoms with van der Waals surface area (Å²) in [5.41, 5.74) is 1.17. The molecule has 2 aromatic rings. The third-order valence-electron chi connectivity index (χ3n) is 4.25. The molecule has 0 amide bonds. The first kappa shape index (κ1) is 18.1. The molecule has 0 N–H and O–H groups in total. The smallest absolute Gasteiger partial charge is 0.243 e. The monoisotopic (exact) mass is 381 g/mol. The highest BCUT2D eigenvalue weighted by molar-refractivity contribution is 7.89. The number of hydrogen-bond donors (Lipinski definition) is 0. The van der Waals surface area contributed by atoms with Gasteiger partial charge in [-0.25, -0.2) is 8.42 Å². The van der Waals surface area contributed by atoms with E-state index in [4.69, 9.17) is 16.3 Å². The maximum absolute atomic E-state index is 12.8. The first-order chi connectivity index (χ1) is 12.0. The van der Waals surface area contributed by atoms with Crippen LogP contribution in [-0.4, -0.2) is 55.9 Å². The van der Waals surface area contributed by atoms with Crippen LogP contribution in [0.1, 0.15) is 5.56 Å². The Balaban J connectivity index is 1.66. The molecule has 8 heteroatoms. The topological polar surface area (TPSA) is 62.7 Å². The number of piperazine rings is 1.